The number of carboxylic acids is 1. The van der Waals surface area contributed by atoms with Crippen LogP contribution in [0, 0.1) is 5.41 Å². The Labute approximate surface area is 135 Å². The molecule has 0 aromatic heterocycles. The van der Waals surface area contributed by atoms with Gasteiger partial charge in [-0.3, -0.25) is 19.3 Å². The minimum Gasteiger partial charge on any atom is -0.480 e. The first kappa shape index (κ1) is 17.7. The fraction of sp³-hybridized carbons (Fsp3) is 0.800. The van der Waals surface area contributed by atoms with E-state index in [4.69, 9.17) is 15.6 Å². The molecule has 130 valence electrons. The van der Waals surface area contributed by atoms with Gasteiger partial charge in [-0.2, -0.15) is 0 Å². The van der Waals surface area contributed by atoms with Crippen molar-refractivity contribution >= 4 is 17.8 Å². The molecule has 0 aromatic rings. The van der Waals surface area contributed by atoms with E-state index in [1.165, 1.54) is 0 Å². The Morgan fingerprint density at radius 2 is 2.00 bits per heavy atom. The van der Waals surface area contributed by atoms with Crippen molar-refractivity contribution in [3.05, 3.63) is 0 Å². The number of carbonyl (C=O) groups excluding carboxylic acids is 2. The Balaban J connectivity index is 1.94. The molecule has 3 N–H and O–H groups in total. The highest BCUT2D eigenvalue weighted by molar-refractivity contribution is 5.79. The summed E-state index contributed by atoms with van der Waals surface area (Å²) in [6.07, 6.45) is 1.93. The molecule has 1 saturated carbocycles. The van der Waals surface area contributed by atoms with Gasteiger partial charge in [0, 0.05) is 32.6 Å². The summed E-state index contributed by atoms with van der Waals surface area (Å²) in [7, 11) is 0. The van der Waals surface area contributed by atoms with E-state index in [9.17, 15) is 14.4 Å². The van der Waals surface area contributed by atoms with Crippen molar-refractivity contribution in [1.29, 1.82) is 0 Å². The first-order valence-corrected chi connectivity index (χ1v) is 7.96. The Kier molecular flexibility index (Phi) is 5.59. The van der Waals surface area contributed by atoms with E-state index >= 15 is 0 Å². The predicted molar refractivity (Wildman–Crippen MR) is 81.5 cm³/mol. The molecule has 0 spiro atoms. The Hall–Kier alpha value is -1.67. The third-order valence-electron chi connectivity index (χ3n) is 4.55. The van der Waals surface area contributed by atoms with Crippen LogP contribution in [-0.4, -0.2) is 78.1 Å². The standard InChI is InChI=1S/C15H25N3O5/c1-15(3-4-15)14(22)23-10-11-8-18(12(19)2-5-16)7-6-17(11)9-13(20)21/h11H,2-10,16H2,1H3,(H,20,21). The predicted octanol–water partition coefficient (Wildman–Crippen LogP) is -0.724. The molecule has 1 aliphatic carbocycles. The second-order valence-electron chi connectivity index (χ2n) is 6.56. The summed E-state index contributed by atoms with van der Waals surface area (Å²) in [5.74, 6) is -1.22. The van der Waals surface area contributed by atoms with Crippen LogP contribution in [0.5, 0.6) is 0 Å². The second kappa shape index (κ2) is 7.27. The third-order valence-corrected chi connectivity index (χ3v) is 4.55. The van der Waals surface area contributed by atoms with E-state index in [1.807, 2.05) is 6.92 Å². The van der Waals surface area contributed by atoms with Crippen LogP contribution in [0.4, 0.5) is 0 Å². The number of hydrogen-bond acceptors (Lipinski definition) is 6. The molecule has 23 heavy (non-hydrogen) atoms. The number of aliphatic carboxylic acids is 1. The van der Waals surface area contributed by atoms with Gasteiger partial charge in [0.15, 0.2) is 0 Å². The van der Waals surface area contributed by atoms with E-state index in [2.05, 4.69) is 0 Å². The minimum atomic E-state index is -0.933. The number of esters is 1. The maximum Gasteiger partial charge on any atom is 0.317 e. The number of nitrogens with two attached hydrogens (primary N) is 1. The molecule has 1 heterocycles. The summed E-state index contributed by atoms with van der Waals surface area (Å²) in [5.41, 5.74) is 5.04. The lowest BCUT2D eigenvalue weighted by atomic mass is 10.1. The summed E-state index contributed by atoms with van der Waals surface area (Å²) in [6.45, 7) is 3.40. The summed E-state index contributed by atoms with van der Waals surface area (Å²) >= 11 is 0. The molecule has 2 fully saturated rings. The quantitative estimate of drug-likeness (QED) is 0.593. The molecule has 1 amide bonds. The Morgan fingerprint density at radius 3 is 2.57 bits per heavy atom. The van der Waals surface area contributed by atoms with Crippen molar-refractivity contribution < 1.29 is 24.2 Å². The lowest BCUT2D eigenvalue weighted by Gasteiger charge is -2.40. The normalized spacial score (nSPS) is 23.4. The van der Waals surface area contributed by atoms with Gasteiger partial charge in [-0.1, -0.05) is 0 Å². The summed E-state index contributed by atoms with van der Waals surface area (Å²) in [5, 5.41) is 9.01. The van der Waals surface area contributed by atoms with Crippen LogP contribution < -0.4 is 5.73 Å². The van der Waals surface area contributed by atoms with Gasteiger partial charge in [0.2, 0.25) is 5.91 Å². The van der Waals surface area contributed by atoms with Gasteiger partial charge in [0.1, 0.15) is 6.61 Å². The van der Waals surface area contributed by atoms with Crippen LogP contribution in [0.25, 0.3) is 0 Å². The largest absolute Gasteiger partial charge is 0.480 e. The third kappa shape index (κ3) is 4.65. The molecular weight excluding hydrogens is 302 g/mol. The summed E-state index contributed by atoms with van der Waals surface area (Å²) in [6, 6.07) is -0.298. The number of piperazine rings is 1. The number of carbonyl (C=O) groups is 3. The van der Waals surface area contributed by atoms with Gasteiger partial charge in [-0.25, -0.2) is 0 Å². The smallest absolute Gasteiger partial charge is 0.317 e. The Bertz CT molecular complexity index is 478. The second-order valence-corrected chi connectivity index (χ2v) is 6.56. The molecule has 0 bridgehead atoms. The van der Waals surface area contributed by atoms with Crippen LogP contribution in [0.15, 0.2) is 0 Å². The summed E-state index contributed by atoms with van der Waals surface area (Å²) < 4.78 is 5.37. The molecule has 8 heteroatoms. The molecule has 1 saturated heterocycles. The highest BCUT2D eigenvalue weighted by atomic mass is 16.5. The molecule has 8 nitrogen and oxygen atoms in total. The SMILES string of the molecule is CC1(C(=O)OCC2CN(C(=O)CCN)CCN2CC(=O)O)CC1. The zero-order chi connectivity index (χ0) is 17.0. The highest BCUT2D eigenvalue weighted by Crippen LogP contribution is 2.46. The van der Waals surface area contributed by atoms with Gasteiger partial charge in [-0.05, 0) is 19.8 Å². The number of carboxylic acid groups (broad SMARTS) is 1. The number of rotatable bonds is 7. The fourth-order valence-electron chi connectivity index (χ4n) is 2.68. The molecule has 2 aliphatic rings. The van der Waals surface area contributed by atoms with Gasteiger partial charge in [-0.15, -0.1) is 0 Å². The Morgan fingerprint density at radius 1 is 1.30 bits per heavy atom. The van der Waals surface area contributed by atoms with Gasteiger partial charge >= 0.3 is 11.9 Å². The molecular formula is C15H25N3O5. The molecule has 0 radical (unpaired) electrons. The van der Waals surface area contributed by atoms with Crippen molar-refractivity contribution in [2.45, 2.75) is 32.2 Å². The van der Waals surface area contributed by atoms with Crippen molar-refractivity contribution in [2.75, 3.05) is 39.3 Å². The molecule has 1 atom stereocenters. The summed E-state index contributed by atoms with van der Waals surface area (Å²) in [4.78, 5) is 38.4. The first-order chi connectivity index (χ1) is 10.9. The molecule has 0 aromatic carbocycles. The van der Waals surface area contributed by atoms with E-state index in [1.54, 1.807) is 9.80 Å². The van der Waals surface area contributed by atoms with Crippen molar-refractivity contribution in [3.63, 3.8) is 0 Å². The van der Waals surface area contributed by atoms with Gasteiger partial charge in [0.25, 0.3) is 0 Å². The van der Waals surface area contributed by atoms with Crippen molar-refractivity contribution in [1.82, 2.24) is 9.80 Å². The number of nitrogens with zero attached hydrogens (tertiary/aromatic N) is 2. The lowest BCUT2D eigenvalue weighted by Crippen LogP contribution is -2.57. The number of ether oxygens (including phenoxy) is 1. The van der Waals surface area contributed by atoms with Gasteiger partial charge < -0.3 is 20.5 Å². The highest BCUT2D eigenvalue weighted by Gasteiger charge is 2.47. The van der Waals surface area contributed by atoms with Crippen LogP contribution in [-0.2, 0) is 19.1 Å². The lowest BCUT2D eigenvalue weighted by molar-refractivity contribution is -0.153. The maximum atomic E-state index is 12.0. The van der Waals surface area contributed by atoms with Crippen LogP contribution in [0.2, 0.25) is 0 Å². The van der Waals surface area contributed by atoms with Crippen LogP contribution >= 0.6 is 0 Å². The first-order valence-electron chi connectivity index (χ1n) is 7.96. The fourth-order valence-corrected chi connectivity index (χ4v) is 2.68. The van der Waals surface area contributed by atoms with Crippen LogP contribution in [0.1, 0.15) is 26.2 Å². The topological polar surface area (TPSA) is 113 Å². The monoisotopic (exact) mass is 327 g/mol. The van der Waals surface area contributed by atoms with Crippen molar-refractivity contribution in [3.8, 4) is 0 Å². The zero-order valence-electron chi connectivity index (χ0n) is 13.5. The van der Waals surface area contributed by atoms with E-state index in [0.717, 1.165) is 12.8 Å². The van der Waals surface area contributed by atoms with E-state index in [-0.39, 0.29) is 49.5 Å². The molecule has 2 rings (SSSR count). The zero-order valence-corrected chi connectivity index (χ0v) is 13.5. The number of hydrogen-bond donors (Lipinski definition) is 2. The van der Waals surface area contributed by atoms with Crippen LogP contribution in [0.3, 0.4) is 0 Å². The minimum absolute atomic E-state index is 0.0482. The average Bonchev–Trinajstić information content (AvgIpc) is 3.24. The van der Waals surface area contributed by atoms with Gasteiger partial charge in [0.05, 0.1) is 18.0 Å². The average molecular weight is 327 g/mol. The maximum absolute atomic E-state index is 12.0. The number of amides is 1. The van der Waals surface area contributed by atoms with Crippen molar-refractivity contribution in [2.24, 2.45) is 11.1 Å². The van der Waals surface area contributed by atoms with E-state index < -0.39 is 5.97 Å². The molecule has 1 aliphatic heterocycles. The molecule has 1 unspecified atom stereocenters. The van der Waals surface area contributed by atoms with E-state index in [0.29, 0.717) is 19.6 Å².